The molecule has 26 heteroatoms. The normalized spacial score (nSPS) is 13.1. The van der Waals surface area contributed by atoms with Crippen molar-refractivity contribution in [2.45, 2.75) is 137 Å². The van der Waals surface area contributed by atoms with Gasteiger partial charge in [0, 0.05) is 118 Å². The molecule has 0 amide bonds. The number of unbranched alkanes of at least 4 members (excludes halogenated alkanes) is 2. The first kappa shape index (κ1) is 67.9. The van der Waals surface area contributed by atoms with Crippen molar-refractivity contribution in [2.24, 2.45) is 5.41 Å². The van der Waals surface area contributed by atoms with E-state index >= 15 is 0 Å². The van der Waals surface area contributed by atoms with Crippen molar-refractivity contribution >= 4 is 134 Å². The molecule has 16 rings (SSSR count). The van der Waals surface area contributed by atoms with Crippen molar-refractivity contribution in [1.29, 1.82) is 0 Å². The lowest BCUT2D eigenvalue weighted by atomic mass is 9.86. The molecule has 4 aromatic carbocycles. The molecule has 0 radical (unpaired) electrons. The fourth-order valence-corrected chi connectivity index (χ4v) is 11.9. The predicted molar refractivity (Wildman–Crippen MR) is 390 cm³/mol. The summed E-state index contributed by atoms with van der Waals surface area (Å²) in [6, 6.07) is 37.9. The number of aromatic nitrogens is 15. The zero-order valence-electron chi connectivity index (χ0n) is 57.4. The molecule has 12 aromatic heterocycles. The standard InChI is InChI=1S/C21H25N5O.C20H23N5O.C17H14F2N4O.C17H16FN5O/c1-13(9-10-21(2,3)4)18-15-8-7-14(12-17(15)27-26-18)23-20-19-16(24-25-20)6-5-11-22-19;1-3-4-5-7-13(2)18-15-10-9-14(12-17(15)26-25-18)22-20-19-16(23-24-20)8-6-11-21-19;1-2-17(18,19)12-9-24-14-8-10(5-6-11(12)14)21-16-15-13(22-23-16)4-3-7-20-15;1-9(10(2)18)15-12-6-5-11(8-14(12)24-23-15)20-17-16-13(21-22-17)4-3-7-19-16/h5-8,11-13H,9-10H2,1-4H3,(H2,23,24,25);6,8-13H,3-5,7H2,1-2H3,(H2,22,23,24);3-9H,2H2,1H3,(H2,21,22,23);3-10H,1-2H3,(H2,20,21,22). The van der Waals surface area contributed by atoms with Crippen LogP contribution in [0.25, 0.3) is 88.0 Å². The first-order valence-corrected chi connectivity index (χ1v) is 33.8. The molecule has 0 aliphatic carbocycles. The highest BCUT2D eigenvalue weighted by molar-refractivity contribution is 5.94. The maximum absolute atomic E-state index is 13.9. The number of aromatic amines is 4. The fourth-order valence-electron chi connectivity index (χ4n) is 11.9. The van der Waals surface area contributed by atoms with E-state index in [1.54, 1.807) is 49.9 Å². The number of alkyl halides is 3. The number of rotatable bonds is 20. The van der Waals surface area contributed by atoms with Crippen LogP contribution in [-0.4, -0.2) is 82.4 Å². The lowest BCUT2D eigenvalue weighted by molar-refractivity contribution is -0.00749. The lowest BCUT2D eigenvalue weighted by Crippen LogP contribution is -2.10. The number of benzene rings is 4. The smallest absolute Gasteiger partial charge is 0.276 e. The predicted octanol–water partition coefficient (Wildman–Crippen LogP) is 20.6. The molecule has 0 saturated carbocycles. The number of hydrogen-bond donors (Lipinski definition) is 8. The number of pyridine rings is 4. The summed E-state index contributed by atoms with van der Waals surface area (Å²) in [4.78, 5) is 17.3. The number of fused-ring (bicyclic) bond motifs is 8. The summed E-state index contributed by atoms with van der Waals surface area (Å²) in [6.45, 7) is 18.3. The number of anilines is 8. The van der Waals surface area contributed by atoms with Gasteiger partial charge < -0.3 is 39.3 Å². The van der Waals surface area contributed by atoms with Crippen molar-refractivity contribution in [3.8, 4) is 0 Å². The van der Waals surface area contributed by atoms with Crippen molar-refractivity contribution in [3.63, 3.8) is 0 Å². The van der Waals surface area contributed by atoms with E-state index in [0.29, 0.717) is 74.0 Å². The van der Waals surface area contributed by atoms with E-state index in [2.05, 4.69) is 151 Å². The molecule has 518 valence electrons. The summed E-state index contributed by atoms with van der Waals surface area (Å²) in [5, 5.41) is 57.8. The largest absolute Gasteiger partial charge is 0.464 e. The topological polar surface area (TPSA) is 306 Å². The van der Waals surface area contributed by atoms with Gasteiger partial charge in [-0.1, -0.05) is 90.1 Å². The molecule has 4 atom stereocenters. The Balaban J connectivity index is 0.000000121. The second-order valence-corrected chi connectivity index (χ2v) is 26.5. The Hall–Kier alpha value is -11.7. The van der Waals surface area contributed by atoms with Gasteiger partial charge in [0.05, 0.1) is 44.7 Å². The summed E-state index contributed by atoms with van der Waals surface area (Å²) in [6.07, 6.45) is 13.9. The van der Waals surface area contributed by atoms with Gasteiger partial charge in [-0.3, -0.25) is 40.3 Å². The van der Waals surface area contributed by atoms with E-state index in [-0.39, 0.29) is 17.9 Å². The van der Waals surface area contributed by atoms with Gasteiger partial charge in [0.1, 0.15) is 40.1 Å². The molecule has 23 nitrogen and oxygen atoms in total. The highest BCUT2D eigenvalue weighted by Gasteiger charge is 2.33. The fraction of sp³-hybridized carbons (Fsp3) is 0.293. The molecular weight excluding hydrogens is 1290 g/mol. The van der Waals surface area contributed by atoms with Crippen LogP contribution in [0.15, 0.2) is 170 Å². The van der Waals surface area contributed by atoms with Crippen LogP contribution in [0.3, 0.4) is 0 Å². The molecule has 16 aromatic rings. The van der Waals surface area contributed by atoms with E-state index in [4.69, 9.17) is 18.0 Å². The molecule has 0 spiro atoms. The number of furan rings is 1. The molecule has 101 heavy (non-hydrogen) atoms. The number of nitrogens with zero attached hydrogens (tertiary/aromatic N) is 11. The minimum atomic E-state index is -2.90. The van der Waals surface area contributed by atoms with Crippen LogP contribution in [0.1, 0.15) is 148 Å². The third-order valence-electron chi connectivity index (χ3n) is 17.9. The average Bonchev–Trinajstić information content (AvgIpc) is 1.66. The van der Waals surface area contributed by atoms with Crippen LogP contribution < -0.4 is 21.3 Å². The molecule has 0 aliphatic rings. The highest BCUT2D eigenvalue weighted by atomic mass is 19.3. The Kier molecular flexibility index (Phi) is 19.7. The summed E-state index contributed by atoms with van der Waals surface area (Å²) in [7, 11) is 0. The van der Waals surface area contributed by atoms with E-state index in [1.165, 1.54) is 33.1 Å². The zero-order chi connectivity index (χ0) is 70.4. The third kappa shape index (κ3) is 15.2. The van der Waals surface area contributed by atoms with E-state index in [1.807, 2.05) is 91.0 Å². The van der Waals surface area contributed by atoms with Gasteiger partial charge >= 0.3 is 0 Å². The molecule has 0 aliphatic heterocycles. The van der Waals surface area contributed by atoms with Crippen LogP contribution in [0.4, 0.5) is 59.2 Å². The van der Waals surface area contributed by atoms with Crippen LogP contribution >= 0.6 is 0 Å². The number of nitrogens with one attached hydrogen (secondary N) is 8. The third-order valence-corrected chi connectivity index (χ3v) is 17.9. The Morgan fingerprint density at radius 1 is 0.455 bits per heavy atom. The molecule has 0 fully saturated rings. The minimum absolute atomic E-state index is 0.0848. The molecule has 12 heterocycles. The summed E-state index contributed by atoms with van der Waals surface area (Å²) >= 11 is 0. The van der Waals surface area contributed by atoms with E-state index in [9.17, 15) is 13.2 Å². The first-order chi connectivity index (χ1) is 48.9. The second kappa shape index (κ2) is 29.4. The van der Waals surface area contributed by atoms with Gasteiger partial charge in [0.25, 0.3) is 5.92 Å². The van der Waals surface area contributed by atoms with Gasteiger partial charge in [-0.05, 0) is 129 Å². The van der Waals surface area contributed by atoms with Crippen LogP contribution in [-0.2, 0) is 5.92 Å². The Morgan fingerprint density at radius 2 is 0.822 bits per heavy atom. The quantitative estimate of drug-likeness (QED) is 0.0329. The van der Waals surface area contributed by atoms with Gasteiger partial charge in [0.15, 0.2) is 40.0 Å². The van der Waals surface area contributed by atoms with Crippen LogP contribution in [0.2, 0.25) is 0 Å². The number of H-pyrrole nitrogens is 4. The SMILES string of the molecule is CC(CCC(C)(C)C)c1noc2cc(Nc3n[nH]c4cccnc34)ccc12.CC(F)C(C)c1noc2cc(Nc3n[nH]c4cccnc34)ccc12.CCC(F)(F)c1coc2cc(Nc3n[nH]c4cccnc34)ccc12.CCCCCC(C)c1noc2cc(Nc3n[nH]c4cccnc34)ccc12. The van der Waals surface area contributed by atoms with Gasteiger partial charge in [-0.15, -0.1) is 0 Å². The highest BCUT2D eigenvalue weighted by Crippen LogP contribution is 2.40. The summed E-state index contributed by atoms with van der Waals surface area (Å²) in [5.41, 5.74) is 15.4. The molecule has 4 unspecified atom stereocenters. The average molecular weight is 1370 g/mol. The Bertz CT molecular complexity index is 5460. The Morgan fingerprint density at radius 3 is 1.20 bits per heavy atom. The van der Waals surface area contributed by atoms with Crippen LogP contribution in [0.5, 0.6) is 0 Å². The molecule has 0 bridgehead atoms. The molecular formula is C75H78F3N19O4. The molecule has 0 saturated heterocycles. The van der Waals surface area contributed by atoms with Gasteiger partial charge in [-0.25, -0.2) is 13.2 Å². The second-order valence-electron chi connectivity index (χ2n) is 26.5. The van der Waals surface area contributed by atoms with Crippen molar-refractivity contribution in [2.75, 3.05) is 21.3 Å². The van der Waals surface area contributed by atoms with Gasteiger partial charge in [0.2, 0.25) is 0 Å². The number of hydrogen-bond acceptors (Lipinski definition) is 19. The number of halogens is 3. The molecule has 8 N–H and O–H groups in total. The maximum Gasteiger partial charge on any atom is 0.276 e. The minimum Gasteiger partial charge on any atom is -0.464 e. The van der Waals surface area contributed by atoms with Crippen molar-refractivity contribution in [3.05, 3.63) is 175 Å². The van der Waals surface area contributed by atoms with Crippen molar-refractivity contribution in [1.82, 2.24) is 76.2 Å². The van der Waals surface area contributed by atoms with Crippen molar-refractivity contribution < 1.29 is 31.2 Å². The monoisotopic (exact) mass is 1370 g/mol. The van der Waals surface area contributed by atoms with Gasteiger partial charge in [-0.2, -0.15) is 20.4 Å². The van der Waals surface area contributed by atoms with E-state index in [0.717, 1.165) is 120 Å². The summed E-state index contributed by atoms with van der Waals surface area (Å²) < 4.78 is 63.3. The first-order valence-electron chi connectivity index (χ1n) is 33.8. The zero-order valence-corrected chi connectivity index (χ0v) is 57.4. The van der Waals surface area contributed by atoms with E-state index < -0.39 is 12.1 Å². The summed E-state index contributed by atoms with van der Waals surface area (Å²) in [5.74, 6) is 0.152. The van der Waals surface area contributed by atoms with Crippen LogP contribution in [0, 0.1) is 5.41 Å². The Labute approximate surface area is 577 Å². The lowest BCUT2D eigenvalue weighted by Gasteiger charge is -2.20. The maximum atomic E-state index is 13.9.